The van der Waals surface area contributed by atoms with Crippen LogP contribution in [0.1, 0.15) is 57.4 Å². The molecule has 0 atom stereocenters. The molecule has 0 bridgehead atoms. The molecule has 2 aromatic rings. The molecule has 1 aliphatic carbocycles. The molecule has 1 aliphatic rings. The van der Waals surface area contributed by atoms with Gasteiger partial charge in [0, 0.05) is 24.2 Å². The number of urea groups is 1. The molecule has 0 aliphatic heterocycles. The number of ether oxygens (including phenoxy) is 2. The maximum atomic E-state index is 13.7. The lowest BCUT2D eigenvalue weighted by molar-refractivity contribution is -0.138. The number of nitrogens with one attached hydrogen (secondary N) is 1. The molecule has 0 unspecified atom stereocenters. The number of hydrogen-bond donors (Lipinski definition) is 2. The van der Waals surface area contributed by atoms with Crippen molar-refractivity contribution < 1.29 is 33.0 Å². The van der Waals surface area contributed by atoms with E-state index in [1.165, 1.54) is 19.2 Å². The van der Waals surface area contributed by atoms with E-state index in [0.29, 0.717) is 25.7 Å². The zero-order valence-electron chi connectivity index (χ0n) is 20.0. The van der Waals surface area contributed by atoms with E-state index in [4.69, 9.17) is 9.84 Å². The highest BCUT2D eigenvalue weighted by atomic mass is 19.3. The topological polar surface area (TPSA) is 101 Å². The highest BCUT2D eigenvalue weighted by Gasteiger charge is 2.33. The van der Waals surface area contributed by atoms with Gasteiger partial charge in [0.25, 0.3) is 0 Å². The lowest BCUT2D eigenvalue weighted by atomic mass is 9.83. The largest absolute Gasteiger partial charge is 0.481 e. The predicted octanol–water partition coefficient (Wildman–Crippen LogP) is 5.89. The highest BCUT2D eigenvalue weighted by molar-refractivity contribution is 6.03. The van der Waals surface area contributed by atoms with Gasteiger partial charge in [-0.25, -0.2) is 4.79 Å². The van der Waals surface area contributed by atoms with Crippen molar-refractivity contribution in [3.63, 3.8) is 0 Å². The number of halogens is 2. The number of aliphatic carboxylic acids is 1. The van der Waals surface area contributed by atoms with Gasteiger partial charge in [-0.05, 0) is 55.2 Å². The van der Waals surface area contributed by atoms with Crippen LogP contribution in [-0.2, 0) is 4.79 Å². The minimum atomic E-state index is -3.13. The molecule has 2 N–H and O–H groups in total. The van der Waals surface area contributed by atoms with Crippen LogP contribution in [0.25, 0.3) is 0 Å². The second-order valence-corrected chi connectivity index (χ2v) is 8.87. The Bertz CT molecular complexity index is 1030. The van der Waals surface area contributed by atoms with Crippen molar-refractivity contribution in [1.29, 1.82) is 0 Å². The summed E-state index contributed by atoms with van der Waals surface area (Å²) in [6, 6.07) is 9.71. The number of hydrogen-bond acceptors (Lipinski definition) is 5. The third-order valence-corrected chi connectivity index (χ3v) is 6.17. The van der Waals surface area contributed by atoms with E-state index in [1.54, 1.807) is 4.90 Å². The number of carboxylic acid groups (broad SMARTS) is 1. The number of aromatic nitrogens is 1. The maximum absolute atomic E-state index is 13.7. The van der Waals surface area contributed by atoms with Gasteiger partial charge in [0.05, 0.1) is 7.11 Å². The average Bonchev–Trinajstić information content (AvgIpc) is 2.81. The Kier molecular flexibility index (Phi) is 8.84. The summed E-state index contributed by atoms with van der Waals surface area (Å²) in [6.45, 7) is 0.925. The molecule has 1 heterocycles. The smallest absolute Gasteiger partial charge is 0.388 e. The monoisotopic (exact) mass is 491 g/mol. The summed E-state index contributed by atoms with van der Waals surface area (Å²) in [5.41, 5.74) is 1.68. The summed E-state index contributed by atoms with van der Waals surface area (Å²) in [5.74, 6) is -1.02. The number of carbonyl (C=O) groups is 2. The molecule has 0 radical (unpaired) electrons. The molecule has 1 aromatic heterocycles. The van der Waals surface area contributed by atoms with Crippen LogP contribution in [0, 0.1) is 5.92 Å². The van der Waals surface area contributed by atoms with E-state index >= 15 is 0 Å². The van der Waals surface area contributed by atoms with Gasteiger partial charge in [-0.1, -0.05) is 32.0 Å². The summed E-state index contributed by atoms with van der Waals surface area (Å²) >= 11 is 0. The molecular formula is C25H31F2N3O5. The van der Waals surface area contributed by atoms with Gasteiger partial charge in [-0.3, -0.25) is 9.69 Å². The normalized spacial score (nSPS) is 17.8. The van der Waals surface area contributed by atoms with Gasteiger partial charge in [0.2, 0.25) is 11.8 Å². The van der Waals surface area contributed by atoms with Gasteiger partial charge in [-0.15, -0.1) is 0 Å². The molecule has 0 saturated heterocycles. The predicted molar refractivity (Wildman–Crippen MR) is 127 cm³/mol. The fourth-order valence-electron chi connectivity index (χ4n) is 4.50. The van der Waals surface area contributed by atoms with Crippen molar-refractivity contribution in [2.24, 2.45) is 5.92 Å². The number of pyridine rings is 1. The molecule has 0 spiro atoms. The zero-order chi connectivity index (χ0) is 25.5. The maximum Gasteiger partial charge on any atom is 0.388 e. The van der Waals surface area contributed by atoms with Crippen molar-refractivity contribution in [3.05, 3.63) is 42.0 Å². The molecule has 3 rings (SSSR count). The van der Waals surface area contributed by atoms with Crippen LogP contribution in [0.15, 0.2) is 36.4 Å². The van der Waals surface area contributed by atoms with Crippen LogP contribution in [0.4, 0.5) is 25.0 Å². The molecule has 1 saturated carbocycles. The first-order valence-corrected chi connectivity index (χ1v) is 11.6. The van der Waals surface area contributed by atoms with E-state index in [0.717, 1.165) is 11.3 Å². The summed E-state index contributed by atoms with van der Waals surface area (Å²) < 4.78 is 35.5. The zero-order valence-corrected chi connectivity index (χ0v) is 20.0. The van der Waals surface area contributed by atoms with Crippen LogP contribution >= 0.6 is 0 Å². The van der Waals surface area contributed by atoms with Crippen LogP contribution in [-0.4, -0.2) is 41.9 Å². The molecular weight excluding hydrogens is 460 g/mol. The quantitative estimate of drug-likeness (QED) is 0.454. The van der Waals surface area contributed by atoms with Gasteiger partial charge in [0.1, 0.15) is 5.69 Å². The Hall–Kier alpha value is -3.43. The highest BCUT2D eigenvalue weighted by Crippen LogP contribution is 2.36. The van der Waals surface area contributed by atoms with Gasteiger partial charge >= 0.3 is 18.6 Å². The Labute approximate surface area is 203 Å². The fraction of sp³-hybridized carbons (Fsp3) is 0.480. The third kappa shape index (κ3) is 6.80. The molecule has 10 heteroatoms. The van der Waals surface area contributed by atoms with E-state index in [-0.39, 0.29) is 35.9 Å². The number of rotatable bonds is 9. The minimum absolute atomic E-state index is 0.0114. The number of amides is 2. The molecule has 35 heavy (non-hydrogen) atoms. The number of methoxy groups -OCH3 is 1. The Morgan fingerprint density at radius 3 is 2.43 bits per heavy atom. The third-order valence-electron chi connectivity index (χ3n) is 6.17. The number of para-hydroxylation sites is 1. The number of alkyl halides is 2. The summed E-state index contributed by atoms with van der Waals surface area (Å²) in [5, 5.41) is 11.8. The van der Waals surface area contributed by atoms with Crippen molar-refractivity contribution in [1.82, 2.24) is 4.98 Å². The Balaban J connectivity index is 1.93. The van der Waals surface area contributed by atoms with E-state index in [1.807, 2.05) is 38.1 Å². The average molecular weight is 492 g/mol. The molecule has 1 aromatic carbocycles. The number of carboxylic acids is 1. The van der Waals surface area contributed by atoms with Crippen LogP contribution in [0.3, 0.4) is 0 Å². The first-order valence-electron chi connectivity index (χ1n) is 11.6. The Morgan fingerprint density at radius 2 is 1.83 bits per heavy atom. The second-order valence-electron chi connectivity index (χ2n) is 8.87. The van der Waals surface area contributed by atoms with E-state index in [9.17, 15) is 18.4 Å². The van der Waals surface area contributed by atoms with Gasteiger partial charge in [-0.2, -0.15) is 13.8 Å². The minimum Gasteiger partial charge on any atom is -0.481 e. The lowest BCUT2D eigenvalue weighted by Crippen LogP contribution is -2.45. The summed E-state index contributed by atoms with van der Waals surface area (Å²) in [4.78, 5) is 30.3. The number of carbonyl (C=O) groups excluding carboxylic acids is 1. The SMILES string of the molecule is COc1ccc(NC(=O)N(c2ccccc2C(C)C)C2CCC(CC(=O)O)CC2)c(OC(F)F)n1. The molecule has 190 valence electrons. The van der Waals surface area contributed by atoms with Crippen molar-refractivity contribution in [3.8, 4) is 11.8 Å². The van der Waals surface area contributed by atoms with Crippen molar-refractivity contribution >= 4 is 23.4 Å². The first kappa shape index (κ1) is 26.2. The fourth-order valence-corrected chi connectivity index (χ4v) is 4.50. The first-order chi connectivity index (χ1) is 16.7. The Morgan fingerprint density at radius 1 is 1.14 bits per heavy atom. The molecule has 1 fully saturated rings. The van der Waals surface area contributed by atoms with Gasteiger partial charge in [0.15, 0.2) is 0 Å². The van der Waals surface area contributed by atoms with Crippen LogP contribution in [0.5, 0.6) is 11.8 Å². The van der Waals surface area contributed by atoms with Gasteiger partial charge < -0.3 is 19.9 Å². The molecule has 8 nitrogen and oxygen atoms in total. The number of nitrogens with zero attached hydrogens (tertiary/aromatic N) is 2. The van der Waals surface area contributed by atoms with Crippen molar-refractivity contribution in [2.75, 3.05) is 17.3 Å². The molecule has 2 amide bonds. The van der Waals surface area contributed by atoms with Crippen molar-refractivity contribution in [2.45, 2.75) is 64.5 Å². The standard InChI is InChI=1S/C25H31F2N3O5/c1-15(2)18-6-4-5-7-20(18)30(17-10-8-16(9-11-17)14-22(31)32)25(33)28-19-12-13-21(34-3)29-23(19)35-24(26)27/h4-7,12-13,15-17,24H,8-11,14H2,1-3H3,(H,28,33)(H,31,32). The number of benzene rings is 1. The van der Waals surface area contributed by atoms with Crippen LogP contribution < -0.4 is 19.7 Å². The number of anilines is 2. The lowest BCUT2D eigenvalue weighted by Gasteiger charge is -2.38. The second kappa shape index (κ2) is 11.8. The van der Waals surface area contributed by atoms with E-state index < -0.39 is 24.5 Å². The summed E-state index contributed by atoms with van der Waals surface area (Å²) in [6.07, 6.45) is 2.70. The van der Waals surface area contributed by atoms with Crippen LogP contribution in [0.2, 0.25) is 0 Å². The summed E-state index contributed by atoms with van der Waals surface area (Å²) in [7, 11) is 1.35. The van der Waals surface area contributed by atoms with E-state index in [2.05, 4.69) is 15.0 Å².